The first-order valence-electron chi connectivity index (χ1n) is 7.70. The molecule has 0 saturated carbocycles. The van der Waals surface area contributed by atoms with E-state index >= 15 is 0 Å². The quantitative estimate of drug-likeness (QED) is 0.542. The van der Waals surface area contributed by atoms with E-state index in [1.807, 2.05) is 43.3 Å². The largest absolute Gasteiger partial charge is 0.323 e. The Hall–Kier alpha value is -2.79. The molecule has 24 heavy (non-hydrogen) atoms. The summed E-state index contributed by atoms with van der Waals surface area (Å²) in [5, 5.41) is 13.7. The molecule has 5 heteroatoms. The van der Waals surface area contributed by atoms with E-state index in [0.29, 0.717) is 0 Å². The molecule has 0 unspecified atom stereocenters. The number of pyridine rings is 1. The van der Waals surface area contributed by atoms with Crippen molar-refractivity contribution in [1.82, 2.24) is 15.2 Å². The van der Waals surface area contributed by atoms with Gasteiger partial charge in [0.15, 0.2) is 5.82 Å². The summed E-state index contributed by atoms with van der Waals surface area (Å²) in [6.07, 6.45) is 0. The number of aryl methyl sites for hydroxylation is 1. The number of hydrogen-bond acceptors (Lipinski definition) is 4. The summed E-state index contributed by atoms with van der Waals surface area (Å²) in [6.45, 7) is 1.97. The molecule has 118 valence electrons. The molecule has 0 amide bonds. The molecule has 0 fully saturated rings. The minimum Gasteiger partial charge on any atom is -0.323 e. The van der Waals surface area contributed by atoms with Gasteiger partial charge in [-0.1, -0.05) is 54.2 Å². The fourth-order valence-corrected chi connectivity index (χ4v) is 3.48. The van der Waals surface area contributed by atoms with Gasteiger partial charge >= 0.3 is 0 Å². The lowest BCUT2D eigenvalue weighted by Crippen LogP contribution is -1.96. The van der Waals surface area contributed by atoms with Crippen LogP contribution in [0, 0.1) is 6.92 Å². The summed E-state index contributed by atoms with van der Waals surface area (Å²) in [5.41, 5.74) is 1.01. The van der Waals surface area contributed by atoms with Crippen molar-refractivity contribution in [2.75, 3.05) is 5.32 Å². The normalized spacial score (nSPS) is 10.9. The predicted octanol–water partition coefficient (Wildman–Crippen LogP) is 5.16. The maximum atomic E-state index is 4.80. The van der Waals surface area contributed by atoms with Crippen LogP contribution in [0.2, 0.25) is 0 Å². The molecule has 0 aliphatic carbocycles. The number of anilines is 2. The highest BCUT2D eigenvalue weighted by Crippen LogP contribution is 2.33. The Labute approximate surface area is 144 Å². The van der Waals surface area contributed by atoms with Gasteiger partial charge in [0.1, 0.15) is 10.8 Å². The Morgan fingerprint density at radius 3 is 2.50 bits per heavy atom. The number of hydrogen-bond donors (Lipinski definition) is 2. The number of H-pyrrole nitrogens is 1. The topological polar surface area (TPSA) is 53.6 Å². The highest BCUT2D eigenvalue weighted by atomic mass is 32.2. The monoisotopic (exact) mass is 332 g/mol. The summed E-state index contributed by atoms with van der Waals surface area (Å²) in [4.78, 5) is 5.97. The lowest BCUT2D eigenvalue weighted by molar-refractivity contribution is 1.04. The van der Waals surface area contributed by atoms with E-state index in [-0.39, 0.29) is 0 Å². The van der Waals surface area contributed by atoms with Crippen molar-refractivity contribution in [3.8, 4) is 0 Å². The summed E-state index contributed by atoms with van der Waals surface area (Å²) >= 11 is 1.67. The molecular formula is C19H16N4S. The Morgan fingerprint density at radius 2 is 1.71 bits per heavy atom. The number of aromatic nitrogens is 3. The van der Waals surface area contributed by atoms with Crippen LogP contribution in [0.25, 0.3) is 10.8 Å². The molecule has 0 aliphatic rings. The van der Waals surface area contributed by atoms with Crippen LogP contribution in [0.4, 0.5) is 11.6 Å². The van der Waals surface area contributed by atoms with Gasteiger partial charge in [0.25, 0.3) is 0 Å². The summed E-state index contributed by atoms with van der Waals surface area (Å²) in [6, 6.07) is 22.6. The van der Waals surface area contributed by atoms with Crippen molar-refractivity contribution >= 4 is 34.2 Å². The molecule has 0 radical (unpaired) electrons. The van der Waals surface area contributed by atoms with Crippen LogP contribution in [-0.2, 0) is 0 Å². The third-order valence-corrected chi connectivity index (χ3v) is 4.64. The van der Waals surface area contributed by atoms with Crippen molar-refractivity contribution in [3.05, 3.63) is 72.4 Å². The third kappa shape index (κ3) is 3.12. The zero-order valence-electron chi connectivity index (χ0n) is 13.2. The molecule has 0 bridgehead atoms. The number of aromatic amines is 1. The van der Waals surface area contributed by atoms with Gasteiger partial charge in [-0.25, -0.2) is 4.98 Å². The number of fused-ring (bicyclic) bond motifs is 1. The van der Waals surface area contributed by atoms with Crippen molar-refractivity contribution in [3.63, 3.8) is 0 Å². The molecule has 0 saturated heterocycles. The van der Waals surface area contributed by atoms with Crippen LogP contribution < -0.4 is 5.32 Å². The molecule has 4 rings (SSSR count). The highest BCUT2D eigenvalue weighted by Gasteiger charge is 2.09. The lowest BCUT2D eigenvalue weighted by atomic mass is 10.2. The van der Waals surface area contributed by atoms with Crippen LogP contribution in [0.1, 0.15) is 5.69 Å². The molecule has 4 nitrogen and oxygen atoms in total. The van der Waals surface area contributed by atoms with E-state index in [9.17, 15) is 0 Å². The van der Waals surface area contributed by atoms with Crippen LogP contribution in [0.15, 0.2) is 76.7 Å². The average molecular weight is 332 g/mol. The first-order chi connectivity index (χ1) is 11.8. The predicted molar refractivity (Wildman–Crippen MR) is 98.9 cm³/mol. The van der Waals surface area contributed by atoms with Crippen molar-refractivity contribution in [2.45, 2.75) is 16.8 Å². The second-order valence-electron chi connectivity index (χ2n) is 5.51. The minimum absolute atomic E-state index is 0.769. The van der Waals surface area contributed by atoms with Crippen molar-refractivity contribution < 1.29 is 0 Å². The van der Waals surface area contributed by atoms with E-state index in [2.05, 4.69) is 45.8 Å². The maximum absolute atomic E-state index is 4.80. The van der Waals surface area contributed by atoms with E-state index in [1.54, 1.807) is 11.8 Å². The summed E-state index contributed by atoms with van der Waals surface area (Å²) < 4.78 is 0. The van der Waals surface area contributed by atoms with Crippen molar-refractivity contribution in [1.29, 1.82) is 0 Å². The van der Waals surface area contributed by atoms with Gasteiger partial charge < -0.3 is 5.32 Å². The third-order valence-electron chi connectivity index (χ3n) is 3.63. The van der Waals surface area contributed by atoms with Crippen LogP contribution in [0.3, 0.4) is 0 Å². The minimum atomic E-state index is 0.769. The first-order valence-corrected chi connectivity index (χ1v) is 8.51. The van der Waals surface area contributed by atoms with E-state index in [4.69, 9.17) is 4.98 Å². The Kier molecular flexibility index (Phi) is 3.92. The van der Waals surface area contributed by atoms with E-state index in [0.717, 1.165) is 33.1 Å². The molecule has 0 atom stereocenters. The standard InChI is InChI=1S/C19H16N4S/c1-13-11-18(23-22-13)20-17-12-14-7-5-6-10-16(14)19(21-17)24-15-8-3-2-4-9-15/h2-12H,1H3,(H2,20,21,22,23). The van der Waals surface area contributed by atoms with E-state index in [1.165, 1.54) is 4.90 Å². The van der Waals surface area contributed by atoms with Crippen LogP contribution in [-0.4, -0.2) is 15.2 Å². The van der Waals surface area contributed by atoms with Gasteiger partial charge in [0.05, 0.1) is 0 Å². The molecule has 0 spiro atoms. The summed E-state index contributed by atoms with van der Waals surface area (Å²) in [7, 11) is 0. The van der Waals surface area contributed by atoms with Crippen LogP contribution >= 0.6 is 11.8 Å². The molecule has 2 heterocycles. The number of nitrogens with one attached hydrogen (secondary N) is 2. The Morgan fingerprint density at radius 1 is 0.917 bits per heavy atom. The molecular weight excluding hydrogens is 316 g/mol. The molecule has 2 aromatic carbocycles. The second-order valence-corrected chi connectivity index (χ2v) is 6.57. The Balaban J connectivity index is 1.75. The van der Waals surface area contributed by atoms with Gasteiger partial charge in [0, 0.05) is 22.0 Å². The number of benzene rings is 2. The lowest BCUT2D eigenvalue weighted by Gasteiger charge is -2.09. The molecule has 0 aliphatic heterocycles. The van der Waals surface area contributed by atoms with Gasteiger partial charge in [0.2, 0.25) is 0 Å². The van der Waals surface area contributed by atoms with Crippen LogP contribution in [0.5, 0.6) is 0 Å². The Bertz CT molecular complexity index is 979. The number of nitrogens with zero attached hydrogens (tertiary/aromatic N) is 2. The van der Waals surface area contributed by atoms with Gasteiger partial charge in [-0.15, -0.1) is 0 Å². The molecule has 2 N–H and O–H groups in total. The summed E-state index contributed by atoms with van der Waals surface area (Å²) in [5.74, 6) is 1.56. The van der Waals surface area contributed by atoms with Crippen molar-refractivity contribution in [2.24, 2.45) is 0 Å². The zero-order chi connectivity index (χ0) is 16.4. The maximum Gasteiger partial charge on any atom is 0.153 e. The second kappa shape index (κ2) is 6.37. The fraction of sp³-hybridized carbons (Fsp3) is 0.0526. The number of rotatable bonds is 4. The smallest absolute Gasteiger partial charge is 0.153 e. The fourth-order valence-electron chi connectivity index (χ4n) is 2.52. The first kappa shape index (κ1) is 14.8. The molecule has 2 aromatic heterocycles. The van der Waals surface area contributed by atoms with Gasteiger partial charge in [-0.05, 0) is 30.5 Å². The average Bonchev–Trinajstić information content (AvgIpc) is 3.01. The highest BCUT2D eigenvalue weighted by molar-refractivity contribution is 7.99. The van der Waals surface area contributed by atoms with Gasteiger partial charge in [-0.2, -0.15) is 5.10 Å². The van der Waals surface area contributed by atoms with Gasteiger partial charge in [-0.3, -0.25) is 5.10 Å². The molecule has 4 aromatic rings. The van der Waals surface area contributed by atoms with E-state index < -0.39 is 0 Å². The SMILES string of the molecule is Cc1cc(Nc2cc3ccccc3c(Sc3ccccc3)n2)n[nH]1. The zero-order valence-corrected chi connectivity index (χ0v) is 14.0.